The van der Waals surface area contributed by atoms with Crippen molar-refractivity contribution in [3.8, 4) is 6.07 Å². The molecule has 1 atom stereocenters. The predicted molar refractivity (Wildman–Crippen MR) is 206 cm³/mol. The molecule has 1 unspecified atom stereocenters. The first kappa shape index (κ1) is 38.1. The van der Waals surface area contributed by atoms with E-state index in [-0.39, 0.29) is 11.6 Å². The third-order valence-electron chi connectivity index (χ3n) is 7.78. The molecule has 4 amide bonds. The molecular weight excluding hydrogens is 718 g/mol. The molecule has 4 aromatic rings. The number of nitriles is 1. The Hall–Kier alpha value is -5.09. The number of nitrogens with zero attached hydrogens (tertiary/aromatic N) is 2. The van der Waals surface area contributed by atoms with Crippen molar-refractivity contribution in [1.29, 1.82) is 5.26 Å². The molecule has 2 heterocycles. The van der Waals surface area contributed by atoms with Crippen LogP contribution in [0.5, 0.6) is 0 Å². The van der Waals surface area contributed by atoms with Gasteiger partial charge in [0.15, 0.2) is 0 Å². The maximum atomic E-state index is 13.6. The van der Waals surface area contributed by atoms with E-state index in [9.17, 15) is 24.4 Å². The van der Waals surface area contributed by atoms with Crippen LogP contribution in [-0.2, 0) is 27.3 Å². The number of fused-ring (bicyclic) bond motifs is 1. The molecule has 5 rings (SSSR count). The Morgan fingerprint density at radius 1 is 1.04 bits per heavy atom. The largest absolute Gasteiger partial charge is 0.444 e. The molecule has 3 aromatic carbocycles. The summed E-state index contributed by atoms with van der Waals surface area (Å²) in [6.07, 6.45) is 2.11. The van der Waals surface area contributed by atoms with Gasteiger partial charge in [0.2, 0.25) is 5.91 Å². The second-order valence-electron chi connectivity index (χ2n) is 12.9. The minimum absolute atomic E-state index is 0.0149. The zero-order valence-electron chi connectivity index (χ0n) is 29.1. The third-order valence-corrected chi connectivity index (χ3v) is 10.5. The fourth-order valence-corrected chi connectivity index (χ4v) is 7.75. The quantitative estimate of drug-likeness (QED) is 0.109. The maximum absolute atomic E-state index is 13.6. The van der Waals surface area contributed by atoms with Crippen LogP contribution in [-0.4, -0.2) is 46.1 Å². The number of halogens is 1. The average molecular weight is 756 g/mol. The van der Waals surface area contributed by atoms with Crippen molar-refractivity contribution in [2.24, 2.45) is 0 Å². The zero-order chi connectivity index (χ0) is 37.4. The van der Waals surface area contributed by atoms with Gasteiger partial charge in [-0.1, -0.05) is 54.9 Å². The number of carbonyl (C=O) groups excluding carboxylic acids is 4. The lowest BCUT2D eigenvalue weighted by Crippen LogP contribution is -2.39. The Morgan fingerprint density at radius 3 is 2.48 bits per heavy atom. The number of ether oxygens (including phenoxy) is 1. The van der Waals surface area contributed by atoms with Crippen molar-refractivity contribution in [3.05, 3.63) is 117 Å². The van der Waals surface area contributed by atoms with E-state index in [2.05, 4.69) is 22.0 Å². The van der Waals surface area contributed by atoms with Crippen molar-refractivity contribution in [2.75, 3.05) is 17.2 Å². The number of carbonyl (C=O) groups is 4. The minimum atomic E-state index is -0.626. The Balaban J connectivity index is 1.28. The molecule has 10 nitrogen and oxygen atoms in total. The predicted octanol–water partition coefficient (Wildman–Crippen LogP) is 8.49. The van der Waals surface area contributed by atoms with Crippen LogP contribution in [0.15, 0.2) is 89.5 Å². The average Bonchev–Trinajstić information content (AvgIpc) is 3.46. The highest BCUT2D eigenvalue weighted by Crippen LogP contribution is 2.38. The van der Waals surface area contributed by atoms with E-state index in [1.54, 1.807) is 83.8 Å². The van der Waals surface area contributed by atoms with Crippen LogP contribution >= 0.6 is 34.7 Å². The summed E-state index contributed by atoms with van der Waals surface area (Å²) in [7, 11) is 0. The van der Waals surface area contributed by atoms with Gasteiger partial charge in [-0.3, -0.25) is 14.4 Å². The number of thioether (sulfide) groups is 1. The number of amides is 4. The number of anilines is 2. The summed E-state index contributed by atoms with van der Waals surface area (Å²) in [5, 5.41) is 19.0. The van der Waals surface area contributed by atoms with E-state index in [0.29, 0.717) is 58.3 Å². The Kier molecular flexibility index (Phi) is 12.4. The van der Waals surface area contributed by atoms with Gasteiger partial charge >= 0.3 is 6.09 Å². The summed E-state index contributed by atoms with van der Waals surface area (Å²) < 4.78 is 5.53. The first-order valence-corrected chi connectivity index (χ1v) is 18.7. The molecule has 0 saturated carbocycles. The normalized spacial score (nSPS) is 13.3. The monoisotopic (exact) mass is 755 g/mol. The van der Waals surface area contributed by atoms with Gasteiger partial charge in [-0.25, -0.2) is 4.79 Å². The molecule has 52 heavy (non-hydrogen) atoms. The lowest BCUT2D eigenvalue weighted by Gasteiger charge is -2.29. The Labute approximate surface area is 316 Å². The summed E-state index contributed by atoms with van der Waals surface area (Å²) in [5.74, 6) is -1.26. The van der Waals surface area contributed by atoms with E-state index in [1.165, 1.54) is 23.1 Å². The molecule has 3 N–H and O–H groups in total. The Morgan fingerprint density at radius 2 is 1.79 bits per heavy atom. The molecule has 0 aliphatic carbocycles. The van der Waals surface area contributed by atoms with Crippen molar-refractivity contribution in [2.45, 2.75) is 62.8 Å². The van der Waals surface area contributed by atoms with Crippen molar-refractivity contribution >= 4 is 75.3 Å². The molecule has 1 aliphatic heterocycles. The second-order valence-corrected chi connectivity index (χ2v) is 15.7. The van der Waals surface area contributed by atoms with Crippen LogP contribution in [0, 0.1) is 11.3 Å². The van der Waals surface area contributed by atoms with Crippen LogP contribution in [0.3, 0.4) is 0 Å². The Bertz CT molecular complexity index is 2050. The smallest absolute Gasteiger partial charge is 0.410 e. The van der Waals surface area contributed by atoms with E-state index < -0.39 is 28.8 Å². The van der Waals surface area contributed by atoms with Crippen molar-refractivity contribution in [3.63, 3.8) is 0 Å². The van der Waals surface area contributed by atoms with Crippen LogP contribution < -0.4 is 16.0 Å². The van der Waals surface area contributed by atoms with Gasteiger partial charge in [0.25, 0.3) is 11.8 Å². The fraction of sp³-hybridized carbons (Fsp3) is 0.256. The molecule has 0 saturated heterocycles. The summed E-state index contributed by atoms with van der Waals surface area (Å²) in [6, 6.07) is 24.8. The third kappa shape index (κ3) is 10.0. The van der Waals surface area contributed by atoms with Crippen LogP contribution in [0.2, 0.25) is 5.02 Å². The molecule has 0 bridgehead atoms. The number of hydrogen-bond donors (Lipinski definition) is 3. The summed E-state index contributed by atoms with van der Waals surface area (Å²) in [6.45, 7) is 8.05. The number of nitrogens with one attached hydrogen (secondary N) is 3. The molecular formula is C39H38ClN5O5S2. The van der Waals surface area contributed by atoms with E-state index in [4.69, 9.17) is 16.3 Å². The highest BCUT2D eigenvalue weighted by Gasteiger charge is 2.31. The van der Waals surface area contributed by atoms with Crippen molar-refractivity contribution < 1.29 is 23.9 Å². The topological polar surface area (TPSA) is 141 Å². The number of hydrogen-bond acceptors (Lipinski definition) is 8. The minimum Gasteiger partial charge on any atom is -0.444 e. The first-order valence-electron chi connectivity index (χ1n) is 16.6. The van der Waals surface area contributed by atoms with Gasteiger partial charge in [0, 0.05) is 32.6 Å². The SMILES string of the molecule is CCC(Sc1cccc(NC(=O)/C(=C/c2cccc(Cl)c2)NC(=O)c2ccccc2)c1)C(=O)Nc1sc2c(c1C#N)CCN(C(=O)OC(C)(C)C)C2. The number of rotatable bonds is 10. The van der Waals surface area contributed by atoms with Gasteiger partial charge in [0.05, 0.1) is 17.4 Å². The lowest BCUT2D eigenvalue weighted by molar-refractivity contribution is -0.116. The number of benzene rings is 3. The molecule has 13 heteroatoms. The van der Waals surface area contributed by atoms with Crippen LogP contribution in [0.4, 0.5) is 15.5 Å². The lowest BCUT2D eigenvalue weighted by atomic mass is 10.0. The molecule has 1 aromatic heterocycles. The molecule has 0 spiro atoms. The van der Waals surface area contributed by atoms with E-state index in [0.717, 1.165) is 15.3 Å². The molecule has 268 valence electrons. The summed E-state index contributed by atoms with van der Waals surface area (Å²) >= 11 is 8.80. The van der Waals surface area contributed by atoms with Gasteiger partial charge in [-0.15, -0.1) is 23.1 Å². The summed E-state index contributed by atoms with van der Waals surface area (Å²) in [4.78, 5) is 56.1. The molecule has 1 aliphatic rings. The second kappa shape index (κ2) is 17.0. The maximum Gasteiger partial charge on any atom is 0.410 e. The molecule has 0 fully saturated rings. The van der Waals surface area contributed by atoms with Gasteiger partial charge < -0.3 is 25.6 Å². The standard InChI is InChI=1S/C39H38ClN5O5S2/c1-5-32(36(48)44-37-30(22-41)29-17-18-45(23-33(29)52-37)38(49)50-39(2,3)4)51-28-16-10-15-27(21-28)42-35(47)31(20-24-11-9-14-26(40)19-24)43-34(46)25-12-7-6-8-13-25/h6-16,19-21,32H,5,17-18,23H2,1-4H3,(H,42,47)(H,43,46)(H,44,48)/b31-20-. The first-order chi connectivity index (χ1) is 24.8. The van der Waals surface area contributed by atoms with Crippen molar-refractivity contribution in [1.82, 2.24) is 10.2 Å². The summed E-state index contributed by atoms with van der Waals surface area (Å²) in [5.41, 5.74) is 2.13. The zero-order valence-corrected chi connectivity index (χ0v) is 31.5. The van der Waals surface area contributed by atoms with Gasteiger partial charge in [-0.05, 0) is 93.3 Å². The van der Waals surface area contributed by atoms with Gasteiger partial charge in [-0.2, -0.15) is 5.26 Å². The molecule has 0 radical (unpaired) electrons. The highest BCUT2D eigenvalue weighted by atomic mass is 35.5. The fourth-order valence-electron chi connectivity index (χ4n) is 5.32. The van der Waals surface area contributed by atoms with E-state index >= 15 is 0 Å². The highest BCUT2D eigenvalue weighted by molar-refractivity contribution is 8.00. The van der Waals surface area contributed by atoms with E-state index in [1.807, 2.05) is 33.8 Å². The van der Waals surface area contributed by atoms with Crippen LogP contribution in [0.25, 0.3) is 6.08 Å². The van der Waals surface area contributed by atoms with Gasteiger partial charge in [0.1, 0.15) is 22.4 Å². The number of thiophene rings is 1. The van der Waals surface area contributed by atoms with Crippen LogP contribution in [0.1, 0.15) is 66.0 Å².